The zero-order chi connectivity index (χ0) is 19.8. The topological polar surface area (TPSA) is 68.5 Å². The molecule has 2 bridgehead atoms. The molecule has 4 atom stereocenters. The van der Waals surface area contributed by atoms with E-state index in [-0.39, 0.29) is 30.1 Å². The van der Waals surface area contributed by atoms with Crippen molar-refractivity contribution in [3.8, 4) is 5.75 Å². The van der Waals surface area contributed by atoms with E-state index in [0.717, 1.165) is 22.8 Å². The lowest BCUT2D eigenvalue weighted by Crippen LogP contribution is -2.42. The number of ether oxygens (including phenoxy) is 1. The number of nitrogens with one attached hydrogen (secondary N) is 1. The Morgan fingerprint density at radius 2 is 2.04 bits per heavy atom. The summed E-state index contributed by atoms with van der Waals surface area (Å²) < 4.78 is 11.0. The Bertz CT molecular complexity index is 932. The van der Waals surface area contributed by atoms with Crippen molar-refractivity contribution in [2.45, 2.75) is 58.4 Å². The fourth-order valence-corrected chi connectivity index (χ4v) is 5.19. The molecule has 1 heterocycles. The van der Waals surface area contributed by atoms with Gasteiger partial charge in [-0.2, -0.15) is 0 Å². The van der Waals surface area contributed by atoms with Crippen LogP contribution in [0.4, 0.5) is 0 Å². The molecule has 2 aliphatic rings. The van der Waals surface area contributed by atoms with Crippen LogP contribution in [0.25, 0.3) is 11.0 Å². The lowest BCUT2D eigenvalue weighted by molar-refractivity contribution is -0.124. The molecule has 2 fully saturated rings. The second-order valence-corrected chi connectivity index (χ2v) is 8.82. The number of rotatable bonds is 6. The summed E-state index contributed by atoms with van der Waals surface area (Å²) in [5, 5.41) is 4.01. The van der Waals surface area contributed by atoms with Crippen LogP contribution in [-0.4, -0.2) is 18.6 Å². The smallest absolute Gasteiger partial charge is 0.336 e. The minimum atomic E-state index is -0.370. The minimum Gasteiger partial charge on any atom is -0.484 e. The fraction of sp³-hybridized carbons (Fsp3) is 0.565. The van der Waals surface area contributed by atoms with Gasteiger partial charge in [0.2, 0.25) is 0 Å². The number of amides is 1. The summed E-state index contributed by atoms with van der Waals surface area (Å²) in [5.41, 5.74) is 1.07. The van der Waals surface area contributed by atoms with Crippen LogP contribution in [0, 0.1) is 17.8 Å². The summed E-state index contributed by atoms with van der Waals surface area (Å²) in [4.78, 5) is 24.2. The Labute approximate surface area is 165 Å². The third-order valence-corrected chi connectivity index (χ3v) is 6.56. The quantitative estimate of drug-likeness (QED) is 0.758. The predicted octanol–water partition coefficient (Wildman–Crippen LogP) is 4.24. The van der Waals surface area contributed by atoms with Gasteiger partial charge in [0.15, 0.2) is 6.61 Å². The number of carbonyl (C=O) groups is 1. The lowest BCUT2D eigenvalue weighted by Gasteiger charge is -2.28. The van der Waals surface area contributed by atoms with Gasteiger partial charge in [-0.05, 0) is 67.6 Å². The fourth-order valence-electron chi connectivity index (χ4n) is 5.19. The second-order valence-electron chi connectivity index (χ2n) is 8.82. The van der Waals surface area contributed by atoms with Crippen molar-refractivity contribution >= 4 is 16.9 Å². The highest BCUT2D eigenvalue weighted by Gasteiger charge is 2.42. The van der Waals surface area contributed by atoms with Crippen LogP contribution in [0.15, 0.2) is 33.5 Å². The van der Waals surface area contributed by atoms with E-state index in [1.807, 2.05) is 26.0 Å². The van der Waals surface area contributed by atoms with E-state index in [2.05, 4.69) is 12.2 Å². The van der Waals surface area contributed by atoms with E-state index < -0.39 is 0 Å². The molecule has 2 aromatic rings. The van der Waals surface area contributed by atoms with Crippen LogP contribution in [-0.2, 0) is 4.79 Å². The molecule has 0 spiro atoms. The Hall–Kier alpha value is -2.30. The maximum Gasteiger partial charge on any atom is 0.336 e. The van der Waals surface area contributed by atoms with E-state index in [9.17, 15) is 9.59 Å². The molecule has 2 saturated carbocycles. The summed E-state index contributed by atoms with van der Waals surface area (Å²) >= 11 is 0. The molecule has 2 aliphatic carbocycles. The van der Waals surface area contributed by atoms with Crippen LogP contribution < -0.4 is 15.7 Å². The maximum absolute atomic E-state index is 12.3. The molecule has 5 nitrogen and oxygen atoms in total. The van der Waals surface area contributed by atoms with Gasteiger partial charge in [0, 0.05) is 23.6 Å². The summed E-state index contributed by atoms with van der Waals surface area (Å²) in [6.07, 6.45) is 5.26. The third-order valence-electron chi connectivity index (χ3n) is 6.56. The molecule has 0 unspecified atom stereocenters. The first-order chi connectivity index (χ1) is 13.4. The van der Waals surface area contributed by atoms with Gasteiger partial charge in [-0.3, -0.25) is 4.79 Å². The number of fused-ring (bicyclic) bond motifs is 3. The van der Waals surface area contributed by atoms with Crippen molar-refractivity contribution in [3.05, 3.63) is 40.2 Å². The first-order valence-electron chi connectivity index (χ1n) is 10.4. The standard InChI is InChI=1S/C23H29NO4/c1-13(2)19-11-23(26)28-21-10-17(6-7-18(19)21)27-12-22(25)24-14(3)20-9-15-4-5-16(20)8-15/h6-7,10-11,13-16,20H,4-5,8-9,12H2,1-3H3,(H,24,25)/t14-,15-,16-,20+/m0/s1. The molecule has 0 saturated heterocycles. The van der Waals surface area contributed by atoms with E-state index in [1.165, 1.54) is 31.7 Å². The lowest BCUT2D eigenvalue weighted by atomic mass is 9.84. The average Bonchev–Trinajstić information content (AvgIpc) is 3.28. The van der Waals surface area contributed by atoms with Crippen LogP contribution in [0.2, 0.25) is 0 Å². The minimum absolute atomic E-state index is 0.0369. The number of benzene rings is 1. The summed E-state index contributed by atoms with van der Waals surface area (Å²) in [6, 6.07) is 7.13. The van der Waals surface area contributed by atoms with E-state index in [0.29, 0.717) is 17.3 Å². The van der Waals surface area contributed by atoms with E-state index in [4.69, 9.17) is 9.15 Å². The van der Waals surface area contributed by atoms with Crippen molar-refractivity contribution in [2.75, 3.05) is 6.61 Å². The SMILES string of the molecule is CC(C)c1cc(=O)oc2cc(OCC(=O)N[C@@H](C)[C@H]3C[C@H]4CC[C@H]3C4)ccc12. The van der Waals surface area contributed by atoms with Crippen LogP contribution >= 0.6 is 0 Å². The van der Waals surface area contributed by atoms with Crippen LogP contribution in [0.3, 0.4) is 0 Å². The zero-order valence-corrected chi connectivity index (χ0v) is 16.9. The Kier molecular flexibility index (Phi) is 5.17. The summed E-state index contributed by atoms with van der Waals surface area (Å²) in [7, 11) is 0. The highest BCUT2D eigenvalue weighted by atomic mass is 16.5. The molecule has 0 radical (unpaired) electrons. The van der Waals surface area contributed by atoms with Gasteiger partial charge < -0.3 is 14.5 Å². The molecule has 4 rings (SSSR count). The molecule has 1 N–H and O–H groups in total. The highest BCUT2D eigenvalue weighted by molar-refractivity contribution is 5.82. The van der Waals surface area contributed by atoms with Gasteiger partial charge in [-0.25, -0.2) is 4.79 Å². The molecule has 1 aromatic carbocycles. The first kappa shape index (κ1) is 19.0. The van der Waals surface area contributed by atoms with E-state index >= 15 is 0 Å². The van der Waals surface area contributed by atoms with Gasteiger partial charge in [0.25, 0.3) is 5.91 Å². The molecular formula is C23H29NO4. The molecule has 1 amide bonds. The van der Waals surface area contributed by atoms with Crippen LogP contribution in [0.1, 0.15) is 57.9 Å². The van der Waals surface area contributed by atoms with Gasteiger partial charge >= 0.3 is 5.63 Å². The highest BCUT2D eigenvalue weighted by Crippen LogP contribution is 2.49. The van der Waals surface area contributed by atoms with E-state index in [1.54, 1.807) is 6.07 Å². The van der Waals surface area contributed by atoms with Crippen molar-refractivity contribution in [2.24, 2.45) is 17.8 Å². The molecule has 28 heavy (non-hydrogen) atoms. The monoisotopic (exact) mass is 383 g/mol. The molecule has 1 aromatic heterocycles. The van der Waals surface area contributed by atoms with Gasteiger partial charge in [0.05, 0.1) is 0 Å². The zero-order valence-electron chi connectivity index (χ0n) is 16.9. The van der Waals surface area contributed by atoms with Crippen LogP contribution in [0.5, 0.6) is 5.75 Å². The molecule has 150 valence electrons. The van der Waals surface area contributed by atoms with Gasteiger partial charge in [-0.15, -0.1) is 0 Å². The third kappa shape index (κ3) is 3.80. The van der Waals surface area contributed by atoms with Gasteiger partial charge in [0.1, 0.15) is 11.3 Å². The number of hydrogen-bond donors (Lipinski definition) is 1. The molecule has 5 heteroatoms. The number of hydrogen-bond acceptors (Lipinski definition) is 4. The Morgan fingerprint density at radius 1 is 1.21 bits per heavy atom. The first-order valence-corrected chi connectivity index (χ1v) is 10.4. The van der Waals surface area contributed by atoms with Crippen molar-refractivity contribution in [3.63, 3.8) is 0 Å². The molecule has 0 aliphatic heterocycles. The Morgan fingerprint density at radius 3 is 2.71 bits per heavy atom. The maximum atomic E-state index is 12.3. The number of carbonyl (C=O) groups excluding carboxylic acids is 1. The van der Waals surface area contributed by atoms with Crippen molar-refractivity contribution in [1.29, 1.82) is 0 Å². The summed E-state index contributed by atoms with van der Waals surface area (Å²) in [6.45, 7) is 6.16. The normalized spacial score (nSPS) is 24.6. The van der Waals surface area contributed by atoms with Crippen molar-refractivity contribution < 1.29 is 13.9 Å². The molecular weight excluding hydrogens is 354 g/mol. The Balaban J connectivity index is 1.38. The largest absolute Gasteiger partial charge is 0.484 e. The van der Waals surface area contributed by atoms with Gasteiger partial charge in [-0.1, -0.05) is 20.3 Å². The summed E-state index contributed by atoms with van der Waals surface area (Å²) in [5.74, 6) is 2.89. The average molecular weight is 383 g/mol. The van der Waals surface area contributed by atoms with Crippen molar-refractivity contribution in [1.82, 2.24) is 5.32 Å². The predicted molar refractivity (Wildman–Crippen MR) is 109 cm³/mol. The second kappa shape index (κ2) is 7.61.